The third-order valence-corrected chi connectivity index (χ3v) is 3.74. The van der Waals surface area contributed by atoms with Gasteiger partial charge in [-0.2, -0.15) is 0 Å². The number of hydrogen-bond acceptors (Lipinski definition) is 2. The number of piperidine rings is 2. The van der Waals surface area contributed by atoms with Crippen LogP contribution in [-0.4, -0.2) is 53.1 Å². The van der Waals surface area contributed by atoms with E-state index in [1.54, 1.807) is 0 Å². The zero-order chi connectivity index (χ0) is 12.3. The van der Waals surface area contributed by atoms with E-state index in [2.05, 4.69) is 0 Å². The number of carboxylic acid groups (broad SMARTS) is 1. The summed E-state index contributed by atoms with van der Waals surface area (Å²) in [7, 11) is 0. The van der Waals surface area contributed by atoms with Gasteiger partial charge in [-0.25, -0.2) is 4.79 Å². The molecule has 17 heavy (non-hydrogen) atoms. The van der Waals surface area contributed by atoms with Crippen molar-refractivity contribution in [3.8, 4) is 0 Å². The summed E-state index contributed by atoms with van der Waals surface area (Å²) in [6.45, 7) is 2.90. The van der Waals surface area contributed by atoms with Crippen LogP contribution in [0.3, 0.4) is 0 Å². The zero-order valence-corrected chi connectivity index (χ0v) is 10.1. The summed E-state index contributed by atoms with van der Waals surface area (Å²) in [5, 5.41) is 8.90. The molecule has 1 N–H and O–H groups in total. The highest BCUT2D eigenvalue weighted by atomic mass is 16.4. The third kappa shape index (κ3) is 2.90. The van der Waals surface area contributed by atoms with Gasteiger partial charge in [0.2, 0.25) is 0 Å². The fraction of sp³-hybridized carbons (Fsp3) is 0.833. The molecule has 2 aliphatic rings. The van der Waals surface area contributed by atoms with Crippen LogP contribution in [0, 0.1) is 5.92 Å². The predicted molar refractivity (Wildman–Crippen MR) is 62.8 cm³/mol. The molecule has 2 aliphatic heterocycles. The average Bonchev–Trinajstić information content (AvgIpc) is 2.39. The topological polar surface area (TPSA) is 60.9 Å². The molecule has 0 aromatic heterocycles. The molecular formula is C12H20N2O3. The Balaban J connectivity index is 1.83. The lowest BCUT2D eigenvalue weighted by Gasteiger charge is -2.36. The van der Waals surface area contributed by atoms with Crippen molar-refractivity contribution < 1.29 is 14.7 Å². The summed E-state index contributed by atoms with van der Waals surface area (Å²) >= 11 is 0. The molecule has 0 spiro atoms. The highest BCUT2D eigenvalue weighted by Crippen LogP contribution is 2.19. The number of nitrogens with zero attached hydrogens (tertiary/aromatic N) is 2. The van der Waals surface area contributed by atoms with Crippen LogP contribution in [-0.2, 0) is 4.79 Å². The molecule has 2 rings (SSSR count). The summed E-state index contributed by atoms with van der Waals surface area (Å²) < 4.78 is 0. The number of carbonyl (C=O) groups excluding carboxylic acids is 1. The van der Waals surface area contributed by atoms with E-state index in [1.807, 2.05) is 9.80 Å². The van der Waals surface area contributed by atoms with Gasteiger partial charge >= 0.3 is 12.0 Å². The minimum atomic E-state index is -0.727. The molecule has 0 atom stereocenters. The zero-order valence-electron chi connectivity index (χ0n) is 10.1. The number of aliphatic carboxylic acids is 1. The predicted octanol–water partition coefficient (Wildman–Crippen LogP) is 1.39. The van der Waals surface area contributed by atoms with Crippen LogP contribution in [0.25, 0.3) is 0 Å². The van der Waals surface area contributed by atoms with Crippen LogP contribution in [0.5, 0.6) is 0 Å². The van der Waals surface area contributed by atoms with Crippen LogP contribution in [0.4, 0.5) is 4.79 Å². The minimum Gasteiger partial charge on any atom is -0.481 e. The molecule has 0 unspecified atom stereocenters. The highest BCUT2D eigenvalue weighted by molar-refractivity contribution is 5.75. The van der Waals surface area contributed by atoms with E-state index < -0.39 is 5.97 Å². The average molecular weight is 240 g/mol. The van der Waals surface area contributed by atoms with Crippen molar-refractivity contribution in [1.29, 1.82) is 0 Å². The van der Waals surface area contributed by atoms with Gasteiger partial charge in [-0.15, -0.1) is 0 Å². The van der Waals surface area contributed by atoms with Crippen LogP contribution >= 0.6 is 0 Å². The number of carbonyl (C=O) groups is 2. The van der Waals surface area contributed by atoms with Gasteiger partial charge in [0, 0.05) is 26.2 Å². The first-order chi connectivity index (χ1) is 8.18. The van der Waals surface area contributed by atoms with Gasteiger partial charge in [-0.05, 0) is 32.1 Å². The van der Waals surface area contributed by atoms with Crippen molar-refractivity contribution in [2.24, 2.45) is 5.92 Å². The fourth-order valence-corrected chi connectivity index (χ4v) is 2.60. The Bertz CT molecular complexity index is 292. The number of urea groups is 1. The molecule has 0 aliphatic carbocycles. The molecule has 0 aromatic rings. The van der Waals surface area contributed by atoms with E-state index in [1.165, 1.54) is 6.42 Å². The molecule has 2 fully saturated rings. The van der Waals surface area contributed by atoms with Gasteiger partial charge in [-0.3, -0.25) is 4.79 Å². The van der Waals surface area contributed by atoms with Gasteiger partial charge in [0.25, 0.3) is 0 Å². The number of amides is 2. The van der Waals surface area contributed by atoms with Crippen molar-refractivity contribution in [3.05, 3.63) is 0 Å². The Morgan fingerprint density at radius 2 is 1.41 bits per heavy atom. The van der Waals surface area contributed by atoms with E-state index >= 15 is 0 Å². The summed E-state index contributed by atoms with van der Waals surface area (Å²) in [6.07, 6.45) is 4.59. The van der Waals surface area contributed by atoms with Gasteiger partial charge in [0.15, 0.2) is 0 Å². The third-order valence-electron chi connectivity index (χ3n) is 3.74. The smallest absolute Gasteiger partial charge is 0.319 e. The lowest BCUT2D eigenvalue weighted by molar-refractivity contribution is -0.143. The van der Waals surface area contributed by atoms with Crippen LogP contribution in [0.1, 0.15) is 32.1 Å². The first kappa shape index (κ1) is 12.2. The van der Waals surface area contributed by atoms with Gasteiger partial charge < -0.3 is 14.9 Å². The normalized spacial score (nSPS) is 22.6. The molecule has 5 nitrogen and oxygen atoms in total. The Hall–Kier alpha value is -1.26. The van der Waals surface area contributed by atoms with Crippen molar-refractivity contribution in [2.45, 2.75) is 32.1 Å². The summed E-state index contributed by atoms with van der Waals surface area (Å²) in [5.41, 5.74) is 0. The lowest BCUT2D eigenvalue weighted by atomic mass is 9.97. The largest absolute Gasteiger partial charge is 0.481 e. The van der Waals surface area contributed by atoms with Crippen LogP contribution < -0.4 is 0 Å². The van der Waals surface area contributed by atoms with Crippen molar-refractivity contribution in [1.82, 2.24) is 9.80 Å². The van der Waals surface area contributed by atoms with Crippen LogP contribution in [0.2, 0.25) is 0 Å². The number of hydrogen-bond donors (Lipinski definition) is 1. The second-order valence-electron chi connectivity index (χ2n) is 4.93. The van der Waals surface area contributed by atoms with E-state index in [-0.39, 0.29) is 11.9 Å². The van der Waals surface area contributed by atoms with Crippen molar-refractivity contribution in [3.63, 3.8) is 0 Å². The molecular weight excluding hydrogens is 220 g/mol. The number of likely N-dealkylation sites (tertiary alicyclic amines) is 2. The highest BCUT2D eigenvalue weighted by Gasteiger charge is 2.29. The van der Waals surface area contributed by atoms with Crippen LogP contribution in [0.15, 0.2) is 0 Å². The molecule has 96 valence electrons. The second-order valence-corrected chi connectivity index (χ2v) is 4.93. The standard InChI is InChI=1S/C12H20N2O3/c15-11(16)10-4-8-14(9-5-10)12(17)13-6-2-1-3-7-13/h10H,1-9H2,(H,15,16). The molecule has 5 heteroatoms. The van der Waals surface area contributed by atoms with Crippen molar-refractivity contribution in [2.75, 3.05) is 26.2 Å². The van der Waals surface area contributed by atoms with E-state index in [0.717, 1.165) is 25.9 Å². The Morgan fingerprint density at radius 3 is 1.94 bits per heavy atom. The second kappa shape index (κ2) is 5.38. The van der Waals surface area contributed by atoms with E-state index in [4.69, 9.17) is 5.11 Å². The quantitative estimate of drug-likeness (QED) is 0.753. The van der Waals surface area contributed by atoms with Gasteiger partial charge in [0.05, 0.1) is 5.92 Å². The summed E-state index contributed by atoms with van der Waals surface area (Å²) in [4.78, 5) is 26.7. The van der Waals surface area contributed by atoms with Gasteiger partial charge in [-0.1, -0.05) is 0 Å². The maximum Gasteiger partial charge on any atom is 0.319 e. The molecule has 2 heterocycles. The molecule has 2 amide bonds. The Kier molecular flexibility index (Phi) is 3.86. The molecule has 2 saturated heterocycles. The summed E-state index contributed by atoms with van der Waals surface area (Å²) in [5.74, 6) is -0.990. The Morgan fingerprint density at radius 1 is 0.882 bits per heavy atom. The number of rotatable bonds is 1. The minimum absolute atomic E-state index is 0.105. The molecule has 0 saturated carbocycles. The van der Waals surface area contributed by atoms with Gasteiger partial charge in [0.1, 0.15) is 0 Å². The van der Waals surface area contributed by atoms with E-state index in [0.29, 0.717) is 25.9 Å². The number of carboxylic acids is 1. The van der Waals surface area contributed by atoms with Crippen molar-refractivity contribution >= 4 is 12.0 Å². The Labute approximate surface area is 101 Å². The molecule has 0 radical (unpaired) electrons. The van der Waals surface area contributed by atoms with E-state index in [9.17, 15) is 9.59 Å². The molecule has 0 bridgehead atoms. The maximum atomic E-state index is 12.1. The SMILES string of the molecule is O=C(O)C1CCN(C(=O)N2CCCCC2)CC1. The maximum absolute atomic E-state index is 12.1. The summed E-state index contributed by atoms with van der Waals surface area (Å²) in [6, 6.07) is 0.105. The molecule has 0 aromatic carbocycles. The lowest BCUT2D eigenvalue weighted by Crippen LogP contribution is -2.48. The first-order valence-electron chi connectivity index (χ1n) is 6.45. The monoisotopic (exact) mass is 240 g/mol. The fourth-order valence-electron chi connectivity index (χ4n) is 2.60. The first-order valence-corrected chi connectivity index (χ1v) is 6.45.